The van der Waals surface area contributed by atoms with E-state index in [9.17, 15) is 0 Å². The molecule has 1 heterocycles. The van der Waals surface area contributed by atoms with Gasteiger partial charge in [0.1, 0.15) is 0 Å². The Bertz CT molecular complexity index is 235. The van der Waals surface area contributed by atoms with Crippen LogP contribution in [0.25, 0.3) is 0 Å². The van der Waals surface area contributed by atoms with Crippen molar-refractivity contribution >= 4 is 11.8 Å². The summed E-state index contributed by atoms with van der Waals surface area (Å²) in [5.74, 6) is 2.41. The van der Waals surface area contributed by atoms with Crippen molar-refractivity contribution < 1.29 is 4.74 Å². The predicted octanol–water partition coefficient (Wildman–Crippen LogP) is 1.82. The highest BCUT2D eigenvalue weighted by Crippen LogP contribution is 2.45. The zero-order chi connectivity index (χ0) is 12.9. The fourth-order valence-electron chi connectivity index (χ4n) is 2.86. The second kappa shape index (κ2) is 6.41. The van der Waals surface area contributed by atoms with Crippen LogP contribution in [-0.4, -0.2) is 55.3 Å². The minimum atomic E-state index is 0.128. The lowest BCUT2D eigenvalue weighted by molar-refractivity contribution is -0.00882. The van der Waals surface area contributed by atoms with Crippen molar-refractivity contribution in [2.75, 3.05) is 44.9 Å². The van der Waals surface area contributed by atoms with E-state index in [4.69, 9.17) is 10.5 Å². The Labute approximate surface area is 110 Å². The Balaban J connectivity index is 2.89. The molecular weight excluding hydrogens is 232 g/mol. The van der Waals surface area contributed by atoms with Crippen LogP contribution in [0.2, 0.25) is 0 Å². The molecule has 1 aliphatic rings. The first-order chi connectivity index (χ1) is 8.04. The first-order valence-corrected chi connectivity index (χ1v) is 7.71. The van der Waals surface area contributed by atoms with Crippen molar-refractivity contribution in [3.63, 3.8) is 0 Å². The van der Waals surface area contributed by atoms with Crippen molar-refractivity contribution in [2.24, 2.45) is 11.1 Å². The highest BCUT2D eigenvalue weighted by molar-refractivity contribution is 7.99. The fraction of sp³-hybridized carbons (Fsp3) is 1.00. The lowest BCUT2D eigenvalue weighted by Gasteiger charge is -2.55. The number of methoxy groups -OCH3 is 1. The molecule has 1 atom stereocenters. The molecule has 1 unspecified atom stereocenters. The molecule has 3 nitrogen and oxygen atoms in total. The van der Waals surface area contributed by atoms with E-state index in [2.05, 4.69) is 25.7 Å². The molecule has 1 aliphatic heterocycles. The summed E-state index contributed by atoms with van der Waals surface area (Å²) in [6.45, 7) is 10.5. The lowest BCUT2D eigenvalue weighted by Crippen LogP contribution is -2.66. The van der Waals surface area contributed by atoms with Gasteiger partial charge in [-0.1, -0.05) is 20.8 Å². The van der Waals surface area contributed by atoms with Gasteiger partial charge in [0, 0.05) is 31.5 Å². The van der Waals surface area contributed by atoms with E-state index in [1.165, 1.54) is 12.2 Å². The number of hydrogen-bond donors (Lipinski definition) is 1. The molecule has 0 aromatic carbocycles. The molecule has 1 rings (SSSR count). The molecule has 0 radical (unpaired) electrons. The fourth-order valence-corrected chi connectivity index (χ4v) is 4.68. The normalized spacial score (nSPS) is 28.6. The van der Waals surface area contributed by atoms with Crippen LogP contribution >= 0.6 is 11.8 Å². The molecule has 102 valence electrons. The molecule has 0 bridgehead atoms. The van der Waals surface area contributed by atoms with Gasteiger partial charge in [0.2, 0.25) is 0 Å². The Morgan fingerprint density at radius 1 is 1.41 bits per heavy atom. The SMILES string of the molecule is CCN(CCOC)C1(CN)CSCCC1(C)C. The van der Waals surface area contributed by atoms with Crippen molar-refractivity contribution in [3.05, 3.63) is 0 Å². The number of hydrogen-bond acceptors (Lipinski definition) is 4. The van der Waals surface area contributed by atoms with Crippen LogP contribution in [-0.2, 0) is 4.74 Å². The summed E-state index contributed by atoms with van der Waals surface area (Å²) in [6.07, 6.45) is 1.25. The van der Waals surface area contributed by atoms with Gasteiger partial charge in [-0.3, -0.25) is 4.90 Å². The standard InChI is InChI=1S/C13H28N2OS/c1-5-15(7-8-16-4)13(10-14)11-17-9-6-12(13,2)3/h5-11,14H2,1-4H3. The largest absolute Gasteiger partial charge is 0.383 e. The smallest absolute Gasteiger partial charge is 0.0589 e. The monoisotopic (exact) mass is 260 g/mol. The summed E-state index contributed by atoms with van der Waals surface area (Å²) in [5.41, 5.74) is 6.58. The van der Waals surface area contributed by atoms with Crippen LogP contribution < -0.4 is 5.73 Å². The van der Waals surface area contributed by atoms with Gasteiger partial charge in [0.15, 0.2) is 0 Å². The van der Waals surface area contributed by atoms with E-state index in [0.29, 0.717) is 0 Å². The summed E-state index contributed by atoms with van der Waals surface area (Å²) in [5, 5.41) is 0. The van der Waals surface area contributed by atoms with E-state index < -0.39 is 0 Å². The predicted molar refractivity (Wildman–Crippen MR) is 76.6 cm³/mol. The van der Waals surface area contributed by atoms with Crippen LogP contribution in [0.3, 0.4) is 0 Å². The second-order valence-corrected chi connectivity index (χ2v) is 6.60. The van der Waals surface area contributed by atoms with Gasteiger partial charge in [-0.15, -0.1) is 0 Å². The van der Waals surface area contributed by atoms with Gasteiger partial charge in [-0.25, -0.2) is 0 Å². The average Bonchev–Trinajstić information content (AvgIpc) is 2.31. The van der Waals surface area contributed by atoms with Crippen LogP contribution in [0.5, 0.6) is 0 Å². The van der Waals surface area contributed by atoms with E-state index in [1.54, 1.807) is 7.11 Å². The molecule has 2 N–H and O–H groups in total. The zero-order valence-corrected chi connectivity index (χ0v) is 12.6. The second-order valence-electron chi connectivity index (χ2n) is 5.49. The van der Waals surface area contributed by atoms with Gasteiger partial charge in [0.05, 0.1) is 6.61 Å². The van der Waals surface area contributed by atoms with E-state index >= 15 is 0 Å². The number of nitrogens with two attached hydrogens (primary N) is 1. The van der Waals surface area contributed by atoms with Crippen molar-refractivity contribution in [2.45, 2.75) is 32.7 Å². The maximum atomic E-state index is 6.17. The third-order valence-corrected chi connectivity index (χ3v) is 5.54. The van der Waals surface area contributed by atoms with E-state index in [1.807, 2.05) is 11.8 Å². The first kappa shape index (κ1) is 15.3. The van der Waals surface area contributed by atoms with Crippen molar-refractivity contribution in [1.29, 1.82) is 0 Å². The van der Waals surface area contributed by atoms with Crippen molar-refractivity contribution in [1.82, 2.24) is 4.90 Å². The number of nitrogens with zero attached hydrogens (tertiary/aromatic N) is 1. The van der Waals surface area contributed by atoms with Crippen LogP contribution in [0, 0.1) is 5.41 Å². The summed E-state index contributed by atoms with van der Waals surface area (Å²) in [7, 11) is 1.77. The van der Waals surface area contributed by atoms with Crippen molar-refractivity contribution in [3.8, 4) is 0 Å². The van der Waals surface area contributed by atoms with Crippen LogP contribution in [0.4, 0.5) is 0 Å². The quantitative estimate of drug-likeness (QED) is 0.790. The zero-order valence-electron chi connectivity index (χ0n) is 11.8. The van der Waals surface area contributed by atoms with Gasteiger partial charge >= 0.3 is 0 Å². The Kier molecular flexibility index (Phi) is 5.77. The molecule has 0 amide bonds. The third-order valence-electron chi connectivity index (χ3n) is 4.36. The molecule has 17 heavy (non-hydrogen) atoms. The van der Waals surface area contributed by atoms with Gasteiger partial charge < -0.3 is 10.5 Å². The number of thioether (sulfide) groups is 1. The maximum absolute atomic E-state index is 6.17. The number of likely N-dealkylation sites (N-methyl/N-ethyl adjacent to an activating group) is 1. The molecule has 4 heteroatoms. The molecule has 0 saturated carbocycles. The van der Waals surface area contributed by atoms with Crippen LogP contribution in [0.1, 0.15) is 27.2 Å². The lowest BCUT2D eigenvalue weighted by atomic mass is 9.69. The van der Waals surface area contributed by atoms with E-state index in [-0.39, 0.29) is 11.0 Å². The van der Waals surface area contributed by atoms with Gasteiger partial charge in [-0.2, -0.15) is 11.8 Å². The molecule has 0 aliphatic carbocycles. The van der Waals surface area contributed by atoms with Crippen LogP contribution in [0.15, 0.2) is 0 Å². The highest BCUT2D eigenvalue weighted by Gasteiger charge is 2.49. The topological polar surface area (TPSA) is 38.5 Å². The third kappa shape index (κ3) is 2.98. The number of rotatable bonds is 6. The molecule has 1 saturated heterocycles. The summed E-state index contributed by atoms with van der Waals surface area (Å²) in [6, 6.07) is 0. The first-order valence-electron chi connectivity index (χ1n) is 6.56. The maximum Gasteiger partial charge on any atom is 0.0589 e. The summed E-state index contributed by atoms with van der Waals surface area (Å²) < 4.78 is 5.23. The molecule has 0 aromatic heterocycles. The van der Waals surface area contributed by atoms with Gasteiger partial charge in [0.25, 0.3) is 0 Å². The molecular formula is C13H28N2OS. The number of ether oxygens (including phenoxy) is 1. The van der Waals surface area contributed by atoms with Gasteiger partial charge in [-0.05, 0) is 24.1 Å². The Hall–Kier alpha value is 0.230. The summed E-state index contributed by atoms with van der Waals surface area (Å²) >= 11 is 2.04. The Morgan fingerprint density at radius 2 is 2.12 bits per heavy atom. The average molecular weight is 260 g/mol. The minimum absolute atomic E-state index is 0.128. The highest BCUT2D eigenvalue weighted by atomic mass is 32.2. The molecule has 1 fully saturated rings. The van der Waals surface area contributed by atoms with E-state index in [0.717, 1.165) is 32.0 Å². The molecule has 0 spiro atoms. The molecule has 0 aromatic rings. The summed E-state index contributed by atoms with van der Waals surface area (Å²) in [4.78, 5) is 2.53. The minimum Gasteiger partial charge on any atom is -0.383 e. The Morgan fingerprint density at radius 3 is 2.59 bits per heavy atom.